The zero-order valence-corrected chi connectivity index (χ0v) is 9.35. The van der Waals surface area contributed by atoms with Gasteiger partial charge in [0.05, 0.1) is 11.9 Å². The van der Waals surface area contributed by atoms with Gasteiger partial charge < -0.3 is 15.6 Å². The summed E-state index contributed by atoms with van der Waals surface area (Å²) in [6.07, 6.45) is 9.08. The van der Waals surface area contributed by atoms with Gasteiger partial charge in [0.2, 0.25) is 5.91 Å². The van der Waals surface area contributed by atoms with Gasteiger partial charge in [0.25, 0.3) is 0 Å². The van der Waals surface area contributed by atoms with Crippen LogP contribution in [0.25, 0.3) is 0 Å². The number of imidazole rings is 1. The molecule has 0 saturated heterocycles. The molecule has 3 N–H and O–H groups in total. The van der Waals surface area contributed by atoms with Crippen LogP contribution in [0.3, 0.4) is 0 Å². The summed E-state index contributed by atoms with van der Waals surface area (Å²) in [5.74, 6) is -0.00915. The number of rotatable bonds is 4. The van der Waals surface area contributed by atoms with Crippen molar-refractivity contribution in [2.45, 2.75) is 37.8 Å². The van der Waals surface area contributed by atoms with Gasteiger partial charge in [-0.25, -0.2) is 4.98 Å². The quantitative estimate of drug-likeness (QED) is 0.768. The largest absolute Gasteiger partial charge is 0.353 e. The first kappa shape index (κ1) is 11.1. The molecule has 0 bridgehead atoms. The first-order valence-electron chi connectivity index (χ1n) is 5.74. The molecule has 0 spiro atoms. The fourth-order valence-electron chi connectivity index (χ4n) is 2.13. The summed E-state index contributed by atoms with van der Waals surface area (Å²) in [4.78, 5) is 15.8. The Hall–Kier alpha value is -1.36. The third kappa shape index (κ3) is 2.41. The number of hydrogen-bond acceptors (Lipinski definition) is 3. The number of carbonyl (C=O) groups excluding carboxylic acids is 1. The number of amides is 1. The molecule has 0 radical (unpaired) electrons. The summed E-state index contributed by atoms with van der Waals surface area (Å²) in [7, 11) is 0. The van der Waals surface area contributed by atoms with Crippen LogP contribution in [-0.4, -0.2) is 27.5 Å². The average Bonchev–Trinajstić information content (AvgIpc) is 2.90. The lowest BCUT2D eigenvalue weighted by atomic mass is 9.98. The van der Waals surface area contributed by atoms with Crippen molar-refractivity contribution >= 4 is 5.91 Å². The van der Waals surface area contributed by atoms with Crippen molar-refractivity contribution in [1.82, 2.24) is 14.9 Å². The van der Waals surface area contributed by atoms with Crippen LogP contribution in [0, 0.1) is 0 Å². The normalized spacial score (nSPS) is 18.6. The molecular formula is C11H18N4O. The van der Waals surface area contributed by atoms with Crippen molar-refractivity contribution < 1.29 is 4.79 Å². The van der Waals surface area contributed by atoms with Crippen LogP contribution >= 0.6 is 0 Å². The Morgan fingerprint density at radius 3 is 2.88 bits per heavy atom. The third-order valence-corrected chi connectivity index (χ3v) is 3.16. The van der Waals surface area contributed by atoms with Gasteiger partial charge in [-0.2, -0.15) is 0 Å². The van der Waals surface area contributed by atoms with Crippen molar-refractivity contribution in [2.24, 2.45) is 5.73 Å². The molecule has 1 fully saturated rings. The maximum atomic E-state index is 11.8. The number of carbonyl (C=O) groups is 1. The molecule has 1 aromatic heterocycles. The smallest absolute Gasteiger partial charge is 0.240 e. The summed E-state index contributed by atoms with van der Waals surface area (Å²) in [5, 5.41) is 2.89. The summed E-state index contributed by atoms with van der Waals surface area (Å²) < 4.78 is 1.93. The van der Waals surface area contributed by atoms with Crippen LogP contribution in [0.4, 0.5) is 0 Å². The van der Waals surface area contributed by atoms with Crippen LogP contribution in [0.5, 0.6) is 0 Å². The zero-order chi connectivity index (χ0) is 11.4. The van der Waals surface area contributed by atoms with Gasteiger partial charge in [0.15, 0.2) is 0 Å². The van der Waals surface area contributed by atoms with E-state index in [1.807, 2.05) is 10.8 Å². The van der Waals surface area contributed by atoms with E-state index < -0.39 is 5.54 Å². The molecule has 5 nitrogen and oxygen atoms in total. The van der Waals surface area contributed by atoms with Gasteiger partial charge in [0, 0.05) is 25.5 Å². The van der Waals surface area contributed by atoms with Gasteiger partial charge in [-0.05, 0) is 12.8 Å². The molecule has 0 unspecified atom stereocenters. The van der Waals surface area contributed by atoms with E-state index in [1.54, 1.807) is 12.5 Å². The van der Waals surface area contributed by atoms with Crippen molar-refractivity contribution in [1.29, 1.82) is 0 Å². The lowest BCUT2D eigenvalue weighted by Crippen LogP contribution is -2.52. The number of nitrogens with two attached hydrogens (primary N) is 1. The van der Waals surface area contributed by atoms with Crippen molar-refractivity contribution in [2.75, 3.05) is 6.54 Å². The van der Waals surface area contributed by atoms with E-state index in [0.717, 1.165) is 32.2 Å². The third-order valence-electron chi connectivity index (χ3n) is 3.16. The number of hydrogen-bond donors (Lipinski definition) is 2. The maximum Gasteiger partial charge on any atom is 0.240 e. The van der Waals surface area contributed by atoms with Crippen molar-refractivity contribution in [3.63, 3.8) is 0 Å². The second kappa shape index (κ2) is 4.65. The predicted octanol–water partition coefficient (Wildman–Crippen LogP) is 0.271. The SMILES string of the molecule is NC1(C(=O)NCCn2ccnc2)CCCC1. The Bertz CT molecular complexity index is 341. The minimum Gasteiger partial charge on any atom is -0.353 e. The summed E-state index contributed by atoms with van der Waals surface area (Å²) in [6.45, 7) is 1.34. The Morgan fingerprint density at radius 1 is 1.50 bits per heavy atom. The maximum absolute atomic E-state index is 11.8. The molecule has 5 heteroatoms. The highest BCUT2D eigenvalue weighted by molar-refractivity contribution is 5.86. The Morgan fingerprint density at radius 2 is 2.25 bits per heavy atom. The highest BCUT2D eigenvalue weighted by Crippen LogP contribution is 2.26. The molecule has 1 aliphatic carbocycles. The topological polar surface area (TPSA) is 72.9 Å². The number of nitrogens with one attached hydrogen (secondary N) is 1. The standard InChI is InChI=1S/C11H18N4O/c12-11(3-1-2-4-11)10(16)14-6-8-15-7-5-13-9-15/h5,7,9H,1-4,6,8,12H2,(H,14,16). The summed E-state index contributed by atoms with van der Waals surface area (Å²) >= 11 is 0. The van der Waals surface area contributed by atoms with Crippen molar-refractivity contribution in [3.8, 4) is 0 Å². The highest BCUT2D eigenvalue weighted by Gasteiger charge is 2.36. The van der Waals surface area contributed by atoms with Gasteiger partial charge in [-0.1, -0.05) is 12.8 Å². The first-order valence-corrected chi connectivity index (χ1v) is 5.74. The van der Waals surface area contributed by atoms with Crippen LogP contribution < -0.4 is 11.1 Å². The lowest BCUT2D eigenvalue weighted by Gasteiger charge is -2.22. The summed E-state index contributed by atoms with van der Waals surface area (Å²) in [6, 6.07) is 0. The average molecular weight is 222 g/mol. The molecule has 1 saturated carbocycles. The van der Waals surface area contributed by atoms with Gasteiger partial charge in [0.1, 0.15) is 0 Å². The predicted molar refractivity (Wildman–Crippen MR) is 60.6 cm³/mol. The van der Waals surface area contributed by atoms with Crippen LogP contribution in [0.2, 0.25) is 0 Å². The molecule has 88 valence electrons. The molecule has 0 aromatic carbocycles. The van der Waals surface area contributed by atoms with Gasteiger partial charge >= 0.3 is 0 Å². The Kier molecular flexibility index (Phi) is 3.24. The van der Waals surface area contributed by atoms with E-state index in [-0.39, 0.29) is 5.91 Å². The van der Waals surface area contributed by atoms with Gasteiger partial charge in [-0.3, -0.25) is 4.79 Å². The Labute approximate surface area is 95.0 Å². The van der Waals surface area contributed by atoms with E-state index >= 15 is 0 Å². The minimum atomic E-state index is -0.616. The zero-order valence-electron chi connectivity index (χ0n) is 9.35. The minimum absolute atomic E-state index is 0.00915. The van der Waals surface area contributed by atoms with E-state index in [9.17, 15) is 4.79 Å². The van der Waals surface area contributed by atoms with Crippen molar-refractivity contribution in [3.05, 3.63) is 18.7 Å². The van der Waals surface area contributed by atoms with E-state index in [2.05, 4.69) is 10.3 Å². The fourth-order valence-corrected chi connectivity index (χ4v) is 2.13. The number of aromatic nitrogens is 2. The molecule has 1 aromatic rings. The van der Waals surface area contributed by atoms with E-state index in [0.29, 0.717) is 6.54 Å². The summed E-state index contributed by atoms with van der Waals surface area (Å²) in [5.41, 5.74) is 5.41. The fraction of sp³-hybridized carbons (Fsp3) is 0.636. The second-order valence-corrected chi connectivity index (χ2v) is 4.42. The molecule has 2 rings (SSSR count). The van der Waals surface area contributed by atoms with Gasteiger partial charge in [-0.15, -0.1) is 0 Å². The number of nitrogens with zero attached hydrogens (tertiary/aromatic N) is 2. The highest BCUT2D eigenvalue weighted by atomic mass is 16.2. The Balaban J connectivity index is 1.75. The monoisotopic (exact) mass is 222 g/mol. The van der Waals surface area contributed by atoms with Crippen LogP contribution in [0.1, 0.15) is 25.7 Å². The molecule has 0 aliphatic heterocycles. The molecule has 1 aliphatic rings. The molecule has 16 heavy (non-hydrogen) atoms. The molecule has 1 amide bonds. The van der Waals surface area contributed by atoms with Crippen LogP contribution in [0.15, 0.2) is 18.7 Å². The van der Waals surface area contributed by atoms with E-state index in [1.165, 1.54) is 0 Å². The van der Waals surface area contributed by atoms with Crippen LogP contribution in [-0.2, 0) is 11.3 Å². The second-order valence-electron chi connectivity index (χ2n) is 4.42. The van der Waals surface area contributed by atoms with E-state index in [4.69, 9.17) is 5.73 Å². The first-order chi connectivity index (χ1) is 7.71. The lowest BCUT2D eigenvalue weighted by molar-refractivity contribution is -0.126. The molecular weight excluding hydrogens is 204 g/mol. The molecule has 0 atom stereocenters. The molecule has 1 heterocycles.